The van der Waals surface area contributed by atoms with Gasteiger partial charge in [-0.2, -0.15) is 0 Å². The molecule has 0 radical (unpaired) electrons. The first-order chi connectivity index (χ1) is 9.97. The number of benzene rings is 1. The Bertz CT molecular complexity index is 684. The number of nitrogens with one attached hydrogen (secondary N) is 2. The van der Waals surface area contributed by atoms with Gasteiger partial charge in [-0.3, -0.25) is 0 Å². The summed E-state index contributed by atoms with van der Waals surface area (Å²) in [6.45, 7) is 2.15. The van der Waals surface area contributed by atoms with Crippen molar-refractivity contribution in [2.75, 3.05) is 5.32 Å². The summed E-state index contributed by atoms with van der Waals surface area (Å²) in [6.07, 6.45) is 0. The van der Waals surface area contributed by atoms with Crippen LogP contribution in [0.2, 0.25) is 0 Å². The standard InChI is InChI=1S/C13H13N3O4S/c1-7-11(21-6-15-7)5-14-13(20)16-10-3-2-8(17)4-9(10)12(18)19/h2-4,6,17H,5H2,1H3,(H,18,19)(H2,14,16,20). The number of nitrogens with zero attached hydrogens (tertiary/aromatic N) is 1. The molecule has 7 nitrogen and oxygen atoms in total. The molecule has 0 saturated heterocycles. The Balaban J connectivity index is 2.03. The molecule has 1 aromatic carbocycles. The molecule has 2 rings (SSSR count). The summed E-state index contributed by atoms with van der Waals surface area (Å²) in [5.41, 5.74) is 2.46. The number of aromatic hydroxyl groups is 1. The van der Waals surface area contributed by atoms with Gasteiger partial charge >= 0.3 is 12.0 Å². The van der Waals surface area contributed by atoms with Gasteiger partial charge in [-0.1, -0.05) is 0 Å². The van der Waals surface area contributed by atoms with E-state index in [1.54, 1.807) is 5.51 Å². The first-order valence-corrected chi connectivity index (χ1v) is 6.85. The Morgan fingerprint density at radius 1 is 1.38 bits per heavy atom. The van der Waals surface area contributed by atoms with Crippen LogP contribution in [0.5, 0.6) is 5.75 Å². The number of hydrogen-bond acceptors (Lipinski definition) is 5. The van der Waals surface area contributed by atoms with E-state index in [9.17, 15) is 14.7 Å². The van der Waals surface area contributed by atoms with Crippen LogP contribution in [0.4, 0.5) is 10.5 Å². The van der Waals surface area contributed by atoms with Crippen molar-refractivity contribution in [3.8, 4) is 5.75 Å². The predicted molar refractivity (Wildman–Crippen MR) is 77.8 cm³/mol. The van der Waals surface area contributed by atoms with Crippen molar-refractivity contribution in [1.82, 2.24) is 10.3 Å². The number of aromatic nitrogens is 1. The molecule has 0 atom stereocenters. The maximum absolute atomic E-state index is 11.8. The normalized spacial score (nSPS) is 10.1. The molecule has 0 aliphatic carbocycles. The molecular formula is C13H13N3O4S. The number of phenolic OH excluding ortho intramolecular Hbond substituents is 1. The minimum absolute atomic E-state index is 0.110. The molecule has 0 aliphatic rings. The van der Waals surface area contributed by atoms with E-state index in [1.165, 1.54) is 23.5 Å². The summed E-state index contributed by atoms with van der Waals surface area (Å²) in [5.74, 6) is -1.42. The van der Waals surface area contributed by atoms with Crippen LogP contribution in [0.1, 0.15) is 20.9 Å². The summed E-state index contributed by atoms with van der Waals surface area (Å²) in [4.78, 5) is 27.8. The first kappa shape index (κ1) is 14.8. The van der Waals surface area contributed by atoms with Gasteiger partial charge in [0.25, 0.3) is 0 Å². The molecule has 110 valence electrons. The van der Waals surface area contributed by atoms with Gasteiger partial charge in [0.05, 0.1) is 29.0 Å². The Kier molecular flexibility index (Phi) is 4.39. The quantitative estimate of drug-likeness (QED) is 0.647. The highest BCUT2D eigenvalue weighted by atomic mass is 32.1. The van der Waals surface area contributed by atoms with E-state index in [1.807, 2.05) is 6.92 Å². The lowest BCUT2D eigenvalue weighted by Crippen LogP contribution is -2.28. The summed E-state index contributed by atoms with van der Waals surface area (Å²) in [6, 6.07) is 3.17. The van der Waals surface area contributed by atoms with E-state index in [0.717, 1.165) is 16.6 Å². The van der Waals surface area contributed by atoms with E-state index in [-0.39, 0.29) is 17.0 Å². The van der Waals surface area contributed by atoms with Crippen LogP contribution in [-0.2, 0) is 6.54 Å². The Hall–Kier alpha value is -2.61. The lowest BCUT2D eigenvalue weighted by Gasteiger charge is -2.10. The Morgan fingerprint density at radius 2 is 2.14 bits per heavy atom. The van der Waals surface area contributed by atoms with Gasteiger partial charge in [0.15, 0.2) is 0 Å². The number of rotatable bonds is 4. The molecule has 8 heteroatoms. The minimum atomic E-state index is -1.24. The van der Waals surface area contributed by atoms with Gasteiger partial charge in [-0.25, -0.2) is 14.6 Å². The zero-order valence-corrected chi connectivity index (χ0v) is 11.9. The van der Waals surface area contributed by atoms with Crippen molar-refractivity contribution in [2.24, 2.45) is 0 Å². The molecule has 0 bridgehead atoms. The molecule has 2 aromatic rings. The molecule has 21 heavy (non-hydrogen) atoms. The van der Waals surface area contributed by atoms with E-state index >= 15 is 0 Å². The van der Waals surface area contributed by atoms with Crippen LogP contribution >= 0.6 is 11.3 Å². The monoisotopic (exact) mass is 307 g/mol. The second kappa shape index (κ2) is 6.23. The number of amides is 2. The lowest BCUT2D eigenvalue weighted by atomic mass is 10.1. The summed E-state index contributed by atoms with van der Waals surface area (Å²) in [5, 5.41) is 23.4. The number of anilines is 1. The van der Waals surface area contributed by atoms with Crippen molar-refractivity contribution < 1.29 is 19.8 Å². The van der Waals surface area contributed by atoms with Gasteiger partial charge < -0.3 is 20.8 Å². The Morgan fingerprint density at radius 3 is 2.76 bits per heavy atom. The molecule has 4 N–H and O–H groups in total. The lowest BCUT2D eigenvalue weighted by molar-refractivity contribution is 0.0697. The number of aromatic carboxylic acids is 1. The highest BCUT2D eigenvalue weighted by Gasteiger charge is 2.13. The van der Waals surface area contributed by atoms with Gasteiger partial charge in [-0.15, -0.1) is 11.3 Å². The first-order valence-electron chi connectivity index (χ1n) is 5.97. The molecule has 0 unspecified atom stereocenters. The van der Waals surface area contributed by atoms with Crippen LogP contribution in [-0.4, -0.2) is 27.2 Å². The van der Waals surface area contributed by atoms with Crippen molar-refractivity contribution in [2.45, 2.75) is 13.5 Å². The van der Waals surface area contributed by atoms with E-state index in [0.29, 0.717) is 6.54 Å². The predicted octanol–water partition coefficient (Wildman–Crippen LogP) is 2.18. The van der Waals surface area contributed by atoms with Gasteiger partial charge in [0.1, 0.15) is 5.75 Å². The maximum Gasteiger partial charge on any atom is 0.337 e. The fraction of sp³-hybridized carbons (Fsp3) is 0.154. The van der Waals surface area contributed by atoms with Crippen molar-refractivity contribution in [3.05, 3.63) is 39.8 Å². The molecule has 1 aromatic heterocycles. The fourth-order valence-corrected chi connectivity index (χ4v) is 2.36. The smallest absolute Gasteiger partial charge is 0.337 e. The zero-order chi connectivity index (χ0) is 15.4. The van der Waals surface area contributed by atoms with Crippen LogP contribution in [0, 0.1) is 6.92 Å². The third kappa shape index (κ3) is 3.69. The molecule has 1 heterocycles. The summed E-state index contributed by atoms with van der Waals surface area (Å²) < 4.78 is 0. The number of urea groups is 1. The maximum atomic E-state index is 11.8. The van der Waals surface area contributed by atoms with E-state index in [2.05, 4.69) is 15.6 Å². The Labute approximate surface area is 124 Å². The molecule has 0 aliphatic heterocycles. The largest absolute Gasteiger partial charge is 0.508 e. The number of thiazole rings is 1. The highest BCUT2D eigenvalue weighted by Crippen LogP contribution is 2.21. The second-order valence-electron chi connectivity index (χ2n) is 4.20. The third-order valence-corrected chi connectivity index (χ3v) is 3.67. The molecular weight excluding hydrogens is 294 g/mol. The van der Waals surface area contributed by atoms with Crippen molar-refractivity contribution in [3.63, 3.8) is 0 Å². The fourth-order valence-electron chi connectivity index (χ4n) is 1.64. The summed E-state index contributed by atoms with van der Waals surface area (Å²) in [7, 11) is 0. The number of carbonyl (C=O) groups is 2. The molecule has 0 spiro atoms. The molecule has 0 saturated carbocycles. The van der Waals surface area contributed by atoms with E-state index in [4.69, 9.17) is 5.11 Å². The SMILES string of the molecule is Cc1ncsc1CNC(=O)Nc1ccc(O)cc1C(=O)O. The number of hydrogen-bond donors (Lipinski definition) is 4. The third-order valence-electron chi connectivity index (χ3n) is 2.74. The van der Waals surface area contributed by atoms with Crippen LogP contribution in [0.15, 0.2) is 23.7 Å². The number of carboxylic acids is 1. The highest BCUT2D eigenvalue weighted by molar-refractivity contribution is 7.09. The van der Waals surface area contributed by atoms with Crippen LogP contribution < -0.4 is 10.6 Å². The van der Waals surface area contributed by atoms with Crippen molar-refractivity contribution in [1.29, 1.82) is 0 Å². The van der Waals surface area contributed by atoms with Gasteiger partial charge in [0.2, 0.25) is 0 Å². The number of aryl methyl sites for hydroxylation is 1. The number of carboxylic acid groups (broad SMARTS) is 1. The molecule has 0 fully saturated rings. The number of phenols is 1. The minimum Gasteiger partial charge on any atom is -0.508 e. The van der Waals surface area contributed by atoms with Gasteiger partial charge in [-0.05, 0) is 25.1 Å². The average molecular weight is 307 g/mol. The average Bonchev–Trinajstić information content (AvgIpc) is 2.84. The van der Waals surface area contributed by atoms with Crippen molar-refractivity contribution >= 4 is 29.0 Å². The number of carbonyl (C=O) groups excluding carboxylic acids is 1. The van der Waals surface area contributed by atoms with Crippen LogP contribution in [0.25, 0.3) is 0 Å². The zero-order valence-electron chi connectivity index (χ0n) is 11.1. The van der Waals surface area contributed by atoms with Crippen LogP contribution in [0.3, 0.4) is 0 Å². The summed E-state index contributed by atoms with van der Waals surface area (Å²) >= 11 is 1.43. The molecule has 2 amide bonds. The topological polar surface area (TPSA) is 112 Å². The second-order valence-corrected chi connectivity index (χ2v) is 5.14. The van der Waals surface area contributed by atoms with E-state index < -0.39 is 12.0 Å². The van der Waals surface area contributed by atoms with Gasteiger partial charge in [0, 0.05) is 4.88 Å².